The first-order valence-corrected chi connectivity index (χ1v) is 9.79. The van der Waals surface area contributed by atoms with Gasteiger partial charge in [0, 0.05) is 11.3 Å². The summed E-state index contributed by atoms with van der Waals surface area (Å²) in [5.41, 5.74) is 2.07. The number of carbonyl (C=O) groups excluding carboxylic acids is 3. The SMILES string of the molecule is COC(=O)c1c(NC(=O)c2cccc(F)c2)sc(C(=O)Nc2ccccc2C)c1C. The zero-order valence-corrected chi connectivity index (χ0v) is 17.4. The smallest absolute Gasteiger partial charge is 0.341 e. The summed E-state index contributed by atoms with van der Waals surface area (Å²) in [6.45, 7) is 3.47. The van der Waals surface area contributed by atoms with E-state index in [0.717, 1.165) is 23.0 Å². The summed E-state index contributed by atoms with van der Waals surface area (Å²) in [6.07, 6.45) is 0. The summed E-state index contributed by atoms with van der Waals surface area (Å²) >= 11 is 0.952. The number of thiophene rings is 1. The van der Waals surface area contributed by atoms with Crippen LogP contribution >= 0.6 is 11.3 Å². The fourth-order valence-electron chi connectivity index (χ4n) is 2.86. The molecule has 30 heavy (non-hydrogen) atoms. The molecule has 0 saturated heterocycles. The van der Waals surface area contributed by atoms with Crippen molar-refractivity contribution < 1.29 is 23.5 Å². The third-order valence-corrected chi connectivity index (χ3v) is 5.66. The Balaban J connectivity index is 1.95. The zero-order chi connectivity index (χ0) is 21.8. The molecule has 3 rings (SSSR count). The van der Waals surface area contributed by atoms with Crippen molar-refractivity contribution >= 4 is 39.8 Å². The van der Waals surface area contributed by atoms with Crippen molar-refractivity contribution in [2.24, 2.45) is 0 Å². The standard InChI is InChI=1S/C22H19FN2O4S/c1-12-7-4-5-10-16(12)24-20(27)18-13(2)17(22(28)29-3)21(30-18)25-19(26)14-8-6-9-15(23)11-14/h4-11H,1-3H3,(H,24,27)(H,25,26). The fraction of sp³-hybridized carbons (Fsp3) is 0.136. The highest BCUT2D eigenvalue weighted by atomic mass is 32.1. The topological polar surface area (TPSA) is 84.5 Å². The van der Waals surface area contributed by atoms with Crippen molar-refractivity contribution in [3.8, 4) is 0 Å². The lowest BCUT2D eigenvalue weighted by atomic mass is 10.1. The second-order valence-corrected chi connectivity index (χ2v) is 7.51. The predicted octanol–water partition coefficient (Wildman–Crippen LogP) is 4.80. The first-order valence-electron chi connectivity index (χ1n) is 8.97. The van der Waals surface area contributed by atoms with E-state index in [0.29, 0.717) is 11.3 Å². The van der Waals surface area contributed by atoms with E-state index in [1.807, 2.05) is 19.1 Å². The Morgan fingerprint density at radius 3 is 2.37 bits per heavy atom. The largest absolute Gasteiger partial charge is 0.465 e. The highest BCUT2D eigenvalue weighted by Gasteiger charge is 2.27. The molecule has 6 nitrogen and oxygen atoms in total. The van der Waals surface area contributed by atoms with Crippen molar-refractivity contribution in [1.29, 1.82) is 0 Å². The molecule has 1 aromatic heterocycles. The Bertz CT molecular complexity index is 1140. The molecule has 0 fully saturated rings. The van der Waals surface area contributed by atoms with E-state index in [9.17, 15) is 18.8 Å². The summed E-state index contributed by atoms with van der Waals surface area (Å²) in [7, 11) is 1.21. The second-order valence-electron chi connectivity index (χ2n) is 6.49. The minimum absolute atomic E-state index is 0.0854. The van der Waals surface area contributed by atoms with E-state index in [2.05, 4.69) is 10.6 Å². The number of halogens is 1. The monoisotopic (exact) mass is 426 g/mol. The number of benzene rings is 2. The van der Waals surface area contributed by atoms with Gasteiger partial charge in [0.25, 0.3) is 11.8 Å². The number of esters is 1. The van der Waals surface area contributed by atoms with Gasteiger partial charge in [-0.15, -0.1) is 11.3 Å². The molecule has 0 radical (unpaired) electrons. The maximum atomic E-state index is 13.4. The molecule has 2 N–H and O–H groups in total. The number of methoxy groups -OCH3 is 1. The minimum atomic E-state index is -0.687. The molecule has 154 valence electrons. The Labute approximate surface area is 176 Å². The van der Waals surface area contributed by atoms with Crippen LogP contribution in [-0.4, -0.2) is 24.9 Å². The summed E-state index contributed by atoms with van der Waals surface area (Å²) in [5, 5.41) is 5.56. The van der Waals surface area contributed by atoms with E-state index in [1.165, 1.54) is 25.3 Å². The molecule has 0 spiro atoms. The van der Waals surface area contributed by atoms with Crippen LogP contribution in [0.2, 0.25) is 0 Å². The van der Waals surface area contributed by atoms with Crippen molar-refractivity contribution in [2.75, 3.05) is 17.7 Å². The molecular formula is C22H19FN2O4S. The number of para-hydroxylation sites is 1. The maximum Gasteiger partial charge on any atom is 0.341 e. The van der Waals surface area contributed by atoms with E-state index in [4.69, 9.17) is 4.74 Å². The molecule has 8 heteroatoms. The highest BCUT2D eigenvalue weighted by molar-refractivity contribution is 7.19. The molecule has 0 aliphatic heterocycles. The van der Waals surface area contributed by atoms with Crippen LogP contribution in [0.5, 0.6) is 0 Å². The normalized spacial score (nSPS) is 10.4. The van der Waals surface area contributed by atoms with Crippen molar-refractivity contribution in [3.05, 3.63) is 81.5 Å². The van der Waals surface area contributed by atoms with Gasteiger partial charge in [0.1, 0.15) is 10.8 Å². The van der Waals surface area contributed by atoms with Crippen molar-refractivity contribution in [1.82, 2.24) is 0 Å². The molecular weight excluding hydrogens is 407 g/mol. The number of ether oxygens (including phenoxy) is 1. The zero-order valence-electron chi connectivity index (χ0n) is 16.5. The van der Waals surface area contributed by atoms with Gasteiger partial charge in [0.05, 0.1) is 17.6 Å². The lowest BCUT2D eigenvalue weighted by molar-refractivity contribution is 0.0601. The fourth-order valence-corrected chi connectivity index (χ4v) is 3.95. The average molecular weight is 426 g/mol. The van der Waals surface area contributed by atoms with Gasteiger partial charge in [-0.3, -0.25) is 9.59 Å². The van der Waals surface area contributed by atoms with E-state index in [1.54, 1.807) is 19.1 Å². The lowest BCUT2D eigenvalue weighted by Gasteiger charge is -2.07. The van der Waals surface area contributed by atoms with Crippen molar-refractivity contribution in [2.45, 2.75) is 13.8 Å². The number of anilines is 2. The molecule has 0 saturated carbocycles. The number of carbonyl (C=O) groups is 3. The number of nitrogens with one attached hydrogen (secondary N) is 2. The molecule has 0 atom stereocenters. The van der Waals surface area contributed by atoms with Gasteiger partial charge in [-0.25, -0.2) is 9.18 Å². The molecule has 0 aliphatic carbocycles. The third kappa shape index (κ3) is 4.38. The van der Waals surface area contributed by atoms with Gasteiger partial charge >= 0.3 is 5.97 Å². The van der Waals surface area contributed by atoms with Gasteiger partial charge in [-0.05, 0) is 49.2 Å². The Morgan fingerprint density at radius 1 is 0.967 bits per heavy atom. The number of hydrogen-bond acceptors (Lipinski definition) is 5. The molecule has 0 bridgehead atoms. The Hall–Kier alpha value is -3.52. The Morgan fingerprint density at radius 2 is 1.70 bits per heavy atom. The maximum absolute atomic E-state index is 13.4. The number of amides is 2. The lowest BCUT2D eigenvalue weighted by Crippen LogP contribution is -2.14. The molecule has 2 amide bonds. The summed E-state index contributed by atoms with van der Waals surface area (Å²) in [6, 6.07) is 12.4. The molecule has 0 aliphatic rings. The van der Waals surface area contributed by atoms with Crippen LogP contribution in [0, 0.1) is 19.7 Å². The van der Waals surface area contributed by atoms with Gasteiger partial charge in [-0.1, -0.05) is 24.3 Å². The van der Waals surface area contributed by atoms with Crippen LogP contribution in [0.15, 0.2) is 48.5 Å². The van der Waals surface area contributed by atoms with Crippen LogP contribution in [0.3, 0.4) is 0 Å². The van der Waals surface area contributed by atoms with Crippen LogP contribution in [0.1, 0.15) is 41.5 Å². The van der Waals surface area contributed by atoms with E-state index in [-0.39, 0.29) is 21.0 Å². The average Bonchev–Trinajstić information content (AvgIpc) is 3.05. The van der Waals surface area contributed by atoms with Gasteiger partial charge in [0.2, 0.25) is 0 Å². The van der Waals surface area contributed by atoms with E-state index >= 15 is 0 Å². The van der Waals surface area contributed by atoms with Crippen molar-refractivity contribution in [3.63, 3.8) is 0 Å². The molecule has 1 heterocycles. The Kier molecular flexibility index (Phi) is 6.27. The van der Waals surface area contributed by atoms with Gasteiger partial charge in [-0.2, -0.15) is 0 Å². The van der Waals surface area contributed by atoms with E-state index < -0.39 is 23.6 Å². The van der Waals surface area contributed by atoms with Crippen LogP contribution in [-0.2, 0) is 4.74 Å². The summed E-state index contributed by atoms with van der Waals surface area (Å²) in [4.78, 5) is 38.0. The predicted molar refractivity (Wildman–Crippen MR) is 114 cm³/mol. The van der Waals surface area contributed by atoms with Crippen LogP contribution in [0.4, 0.5) is 15.1 Å². The van der Waals surface area contributed by atoms with Crippen LogP contribution in [0.25, 0.3) is 0 Å². The van der Waals surface area contributed by atoms with Crippen LogP contribution < -0.4 is 10.6 Å². The number of aryl methyl sites for hydroxylation is 1. The minimum Gasteiger partial charge on any atom is -0.465 e. The molecule has 0 unspecified atom stereocenters. The summed E-state index contributed by atoms with van der Waals surface area (Å²) < 4.78 is 18.3. The highest BCUT2D eigenvalue weighted by Crippen LogP contribution is 2.34. The number of hydrogen-bond donors (Lipinski definition) is 2. The molecule has 2 aromatic carbocycles. The first kappa shape index (κ1) is 21.2. The van der Waals surface area contributed by atoms with Gasteiger partial charge in [0.15, 0.2) is 0 Å². The third-order valence-electron chi connectivity index (χ3n) is 4.45. The molecule has 3 aromatic rings. The second kappa shape index (κ2) is 8.87. The first-order chi connectivity index (χ1) is 14.3. The number of rotatable bonds is 5. The quantitative estimate of drug-likeness (QED) is 0.574. The van der Waals surface area contributed by atoms with Gasteiger partial charge < -0.3 is 15.4 Å². The summed E-state index contributed by atoms with van der Waals surface area (Å²) in [5.74, 6) is -2.26.